The van der Waals surface area contributed by atoms with Crippen LogP contribution < -0.4 is 5.73 Å². The van der Waals surface area contributed by atoms with Gasteiger partial charge in [-0.15, -0.1) is 11.3 Å². The van der Waals surface area contributed by atoms with Crippen molar-refractivity contribution >= 4 is 17.3 Å². The van der Waals surface area contributed by atoms with E-state index in [9.17, 15) is 0 Å². The zero-order valence-corrected chi connectivity index (χ0v) is 11.9. The first-order valence-electron chi connectivity index (χ1n) is 6.77. The summed E-state index contributed by atoms with van der Waals surface area (Å²) in [6.45, 7) is 5.00. The summed E-state index contributed by atoms with van der Waals surface area (Å²) in [5.41, 5.74) is 7.15. The van der Waals surface area contributed by atoms with Gasteiger partial charge in [-0.05, 0) is 25.7 Å². The van der Waals surface area contributed by atoms with Crippen LogP contribution in [0.15, 0.2) is 10.4 Å². The molecule has 0 atom stereocenters. The van der Waals surface area contributed by atoms with E-state index in [2.05, 4.69) is 27.2 Å². The monoisotopic (exact) mass is 266 g/mol. The SMILES string of the molecule is CCc1nc(CCN=C(N)N2CCCCC2)cs1. The Hall–Kier alpha value is -1.10. The third-order valence-corrected chi connectivity index (χ3v) is 4.27. The first-order valence-corrected chi connectivity index (χ1v) is 7.65. The molecule has 2 rings (SSSR count). The molecular weight excluding hydrogens is 244 g/mol. The summed E-state index contributed by atoms with van der Waals surface area (Å²) in [5.74, 6) is 0.709. The number of likely N-dealkylation sites (tertiary alicyclic amines) is 1. The fourth-order valence-corrected chi connectivity index (χ4v) is 2.91. The molecule has 4 nitrogen and oxygen atoms in total. The zero-order chi connectivity index (χ0) is 12.8. The van der Waals surface area contributed by atoms with Crippen LogP contribution in [0.1, 0.15) is 36.9 Å². The van der Waals surface area contributed by atoms with Crippen molar-refractivity contribution in [1.82, 2.24) is 9.88 Å². The van der Waals surface area contributed by atoms with E-state index < -0.39 is 0 Å². The Morgan fingerprint density at radius 1 is 1.44 bits per heavy atom. The van der Waals surface area contributed by atoms with Crippen LogP contribution in [0.3, 0.4) is 0 Å². The highest BCUT2D eigenvalue weighted by Crippen LogP contribution is 2.11. The minimum atomic E-state index is 0.709. The number of hydrogen-bond acceptors (Lipinski definition) is 3. The van der Waals surface area contributed by atoms with Gasteiger partial charge in [0.1, 0.15) is 0 Å². The van der Waals surface area contributed by atoms with Crippen LogP contribution in [0, 0.1) is 0 Å². The molecule has 0 unspecified atom stereocenters. The molecule has 1 aliphatic heterocycles. The molecule has 18 heavy (non-hydrogen) atoms. The highest BCUT2D eigenvalue weighted by molar-refractivity contribution is 7.09. The lowest BCUT2D eigenvalue weighted by molar-refractivity contribution is 0.338. The molecule has 0 bridgehead atoms. The third-order valence-electron chi connectivity index (χ3n) is 3.22. The molecule has 0 saturated carbocycles. The second-order valence-corrected chi connectivity index (χ2v) is 5.57. The largest absolute Gasteiger partial charge is 0.370 e. The molecule has 1 saturated heterocycles. The maximum absolute atomic E-state index is 6.00. The first kappa shape index (κ1) is 13.3. The van der Waals surface area contributed by atoms with Gasteiger partial charge in [0, 0.05) is 31.4 Å². The normalized spacial score (nSPS) is 17.2. The van der Waals surface area contributed by atoms with Crippen molar-refractivity contribution in [3.63, 3.8) is 0 Å². The first-order chi connectivity index (χ1) is 8.79. The molecule has 1 aromatic heterocycles. The van der Waals surface area contributed by atoms with Gasteiger partial charge in [-0.2, -0.15) is 0 Å². The third kappa shape index (κ3) is 3.70. The van der Waals surface area contributed by atoms with Crippen LogP contribution in [0.25, 0.3) is 0 Å². The van der Waals surface area contributed by atoms with Gasteiger partial charge < -0.3 is 10.6 Å². The predicted molar refractivity (Wildman–Crippen MR) is 77.1 cm³/mol. The van der Waals surface area contributed by atoms with E-state index >= 15 is 0 Å². The highest BCUT2D eigenvalue weighted by atomic mass is 32.1. The summed E-state index contributed by atoms with van der Waals surface area (Å²) in [7, 11) is 0. The number of hydrogen-bond donors (Lipinski definition) is 1. The highest BCUT2D eigenvalue weighted by Gasteiger charge is 2.11. The number of aromatic nitrogens is 1. The Labute approximate surface area is 113 Å². The maximum atomic E-state index is 6.00. The number of nitrogens with two attached hydrogens (primary N) is 1. The molecule has 2 heterocycles. The molecule has 1 aliphatic rings. The summed E-state index contributed by atoms with van der Waals surface area (Å²) >= 11 is 1.74. The fourth-order valence-electron chi connectivity index (χ4n) is 2.13. The van der Waals surface area contributed by atoms with Gasteiger partial charge in [0.15, 0.2) is 5.96 Å². The quantitative estimate of drug-likeness (QED) is 0.670. The number of aliphatic imine (C=N–C) groups is 1. The number of piperidine rings is 1. The zero-order valence-electron chi connectivity index (χ0n) is 11.1. The second-order valence-electron chi connectivity index (χ2n) is 4.62. The molecule has 0 spiro atoms. The minimum absolute atomic E-state index is 0.709. The minimum Gasteiger partial charge on any atom is -0.370 e. The Kier molecular flexibility index (Phi) is 4.99. The van der Waals surface area contributed by atoms with E-state index in [0.717, 1.165) is 38.2 Å². The van der Waals surface area contributed by atoms with Gasteiger partial charge in [0.2, 0.25) is 0 Å². The molecule has 0 amide bonds. The van der Waals surface area contributed by atoms with E-state index in [0.29, 0.717) is 5.96 Å². The standard InChI is InChI=1S/C13H22N4S/c1-2-12-16-11(10-18-12)6-7-15-13(14)17-8-4-3-5-9-17/h10H,2-9H2,1H3,(H2,14,15). The van der Waals surface area contributed by atoms with E-state index in [1.165, 1.54) is 24.3 Å². The molecule has 0 aliphatic carbocycles. The number of aryl methyl sites for hydroxylation is 1. The lowest BCUT2D eigenvalue weighted by atomic mass is 10.1. The van der Waals surface area contributed by atoms with E-state index in [1.54, 1.807) is 11.3 Å². The van der Waals surface area contributed by atoms with Crippen molar-refractivity contribution in [3.8, 4) is 0 Å². The van der Waals surface area contributed by atoms with Gasteiger partial charge in [-0.25, -0.2) is 4.98 Å². The van der Waals surface area contributed by atoms with Gasteiger partial charge in [0.05, 0.1) is 10.7 Å². The average Bonchev–Trinajstić information content (AvgIpc) is 2.87. The molecule has 0 radical (unpaired) electrons. The fraction of sp³-hybridized carbons (Fsp3) is 0.692. The van der Waals surface area contributed by atoms with Crippen LogP contribution in [-0.4, -0.2) is 35.5 Å². The molecule has 1 fully saturated rings. The topological polar surface area (TPSA) is 54.5 Å². The summed E-state index contributed by atoms with van der Waals surface area (Å²) in [6, 6.07) is 0. The smallest absolute Gasteiger partial charge is 0.191 e. The maximum Gasteiger partial charge on any atom is 0.191 e. The number of nitrogens with zero attached hydrogens (tertiary/aromatic N) is 3. The predicted octanol–water partition coefficient (Wildman–Crippen LogP) is 2.05. The van der Waals surface area contributed by atoms with Crippen LogP contribution in [0.4, 0.5) is 0 Å². The lowest BCUT2D eigenvalue weighted by Gasteiger charge is -2.27. The van der Waals surface area contributed by atoms with Gasteiger partial charge in [0.25, 0.3) is 0 Å². The van der Waals surface area contributed by atoms with E-state index in [1.807, 2.05) is 0 Å². The van der Waals surface area contributed by atoms with Crippen molar-refractivity contribution in [3.05, 3.63) is 16.1 Å². The van der Waals surface area contributed by atoms with Crippen LogP contribution >= 0.6 is 11.3 Å². The van der Waals surface area contributed by atoms with Gasteiger partial charge in [-0.1, -0.05) is 6.92 Å². The molecule has 2 N–H and O–H groups in total. The molecule has 100 valence electrons. The Morgan fingerprint density at radius 2 is 2.22 bits per heavy atom. The summed E-state index contributed by atoms with van der Waals surface area (Å²) < 4.78 is 0. The van der Waals surface area contributed by atoms with Crippen LogP contribution in [-0.2, 0) is 12.8 Å². The van der Waals surface area contributed by atoms with E-state index in [4.69, 9.17) is 5.73 Å². The lowest BCUT2D eigenvalue weighted by Crippen LogP contribution is -2.41. The second kappa shape index (κ2) is 6.73. The van der Waals surface area contributed by atoms with Crippen molar-refractivity contribution < 1.29 is 0 Å². The van der Waals surface area contributed by atoms with Gasteiger partial charge in [-0.3, -0.25) is 4.99 Å². The average molecular weight is 266 g/mol. The Balaban J connectivity index is 1.79. The van der Waals surface area contributed by atoms with Crippen LogP contribution in [0.2, 0.25) is 0 Å². The van der Waals surface area contributed by atoms with E-state index in [-0.39, 0.29) is 0 Å². The molecular formula is C13H22N4S. The Morgan fingerprint density at radius 3 is 2.89 bits per heavy atom. The number of guanidine groups is 1. The Bertz CT molecular complexity index is 393. The molecule has 0 aromatic carbocycles. The number of thiazole rings is 1. The molecule has 1 aromatic rings. The summed E-state index contributed by atoms with van der Waals surface area (Å²) in [6.07, 6.45) is 5.71. The van der Waals surface area contributed by atoms with Crippen molar-refractivity contribution in [2.45, 2.75) is 39.0 Å². The van der Waals surface area contributed by atoms with Crippen LogP contribution in [0.5, 0.6) is 0 Å². The number of rotatable bonds is 4. The van der Waals surface area contributed by atoms with Gasteiger partial charge >= 0.3 is 0 Å². The van der Waals surface area contributed by atoms with Crippen molar-refractivity contribution in [2.24, 2.45) is 10.7 Å². The van der Waals surface area contributed by atoms with Crippen molar-refractivity contribution in [2.75, 3.05) is 19.6 Å². The summed E-state index contributed by atoms with van der Waals surface area (Å²) in [4.78, 5) is 11.2. The summed E-state index contributed by atoms with van der Waals surface area (Å²) in [5, 5.41) is 3.34. The molecule has 5 heteroatoms. The van der Waals surface area contributed by atoms with Crippen molar-refractivity contribution in [1.29, 1.82) is 0 Å².